The third-order valence-electron chi connectivity index (χ3n) is 2.57. The number of hydrogen-bond acceptors (Lipinski definition) is 3. The Morgan fingerprint density at radius 1 is 1.44 bits per heavy atom. The molecule has 0 amide bonds. The molecule has 0 aliphatic heterocycles. The molecule has 3 nitrogen and oxygen atoms in total. The number of rotatable bonds is 2. The number of fused-ring (bicyclic) bond motifs is 1. The Morgan fingerprint density at radius 3 is 2.94 bits per heavy atom. The number of pyridine rings is 1. The van der Waals surface area contributed by atoms with Crippen molar-refractivity contribution >= 4 is 16.6 Å². The highest BCUT2D eigenvalue weighted by molar-refractivity contribution is 5.95. The largest absolute Gasteiger partial charge is 0.384 e. The molecule has 0 atom stereocenters. The lowest BCUT2D eigenvalue weighted by atomic mass is 10.1. The molecule has 0 fully saturated rings. The zero-order chi connectivity index (χ0) is 11.5. The highest BCUT2D eigenvalue weighted by Crippen LogP contribution is 2.27. The number of para-hydroxylation sites is 1. The third kappa shape index (κ3) is 1.59. The van der Waals surface area contributed by atoms with Gasteiger partial charge in [0.1, 0.15) is 6.07 Å². The number of anilines is 1. The van der Waals surface area contributed by atoms with Crippen LogP contribution in [0, 0.1) is 18.3 Å². The highest BCUT2D eigenvalue weighted by atomic mass is 14.9. The minimum atomic E-state index is 0.597. The fourth-order valence-electron chi connectivity index (χ4n) is 1.82. The average molecular weight is 211 g/mol. The molecule has 2 aromatic rings. The first-order chi connectivity index (χ1) is 7.77. The molecule has 1 aromatic carbocycles. The van der Waals surface area contributed by atoms with Crippen molar-refractivity contribution < 1.29 is 0 Å². The quantitative estimate of drug-likeness (QED) is 0.830. The van der Waals surface area contributed by atoms with Gasteiger partial charge in [-0.05, 0) is 19.4 Å². The highest BCUT2D eigenvalue weighted by Gasteiger charge is 2.08. The van der Waals surface area contributed by atoms with Crippen molar-refractivity contribution in [3.8, 4) is 6.07 Å². The van der Waals surface area contributed by atoms with E-state index in [1.165, 1.54) is 0 Å². The first-order valence-electron chi connectivity index (χ1n) is 5.30. The maximum absolute atomic E-state index is 9.04. The van der Waals surface area contributed by atoms with Gasteiger partial charge in [-0.1, -0.05) is 18.2 Å². The number of aryl methyl sites for hydroxylation is 1. The Hall–Kier alpha value is -2.08. The van der Waals surface area contributed by atoms with Crippen LogP contribution in [0.25, 0.3) is 10.9 Å². The van der Waals surface area contributed by atoms with E-state index in [0.717, 1.165) is 28.7 Å². The minimum absolute atomic E-state index is 0.597. The molecule has 0 saturated heterocycles. The summed E-state index contributed by atoms with van der Waals surface area (Å²) in [6.07, 6.45) is 1.63. The molecule has 0 spiro atoms. The maximum Gasteiger partial charge on any atom is 0.103 e. The molecule has 0 aliphatic carbocycles. The van der Waals surface area contributed by atoms with Crippen molar-refractivity contribution in [3.63, 3.8) is 0 Å². The van der Waals surface area contributed by atoms with Crippen molar-refractivity contribution in [1.29, 1.82) is 5.26 Å². The van der Waals surface area contributed by atoms with E-state index in [4.69, 9.17) is 5.26 Å². The molecule has 80 valence electrons. The number of nitrogens with one attached hydrogen (secondary N) is 1. The first-order valence-corrected chi connectivity index (χ1v) is 5.30. The van der Waals surface area contributed by atoms with Crippen LogP contribution in [0.4, 0.5) is 5.69 Å². The number of hydrogen-bond donors (Lipinski definition) is 1. The van der Waals surface area contributed by atoms with Crippen LogP contribution in [0.1, 0.15) is 18.1 Å². The van der Waals surface area contributed by atoms with Crippen molar-refractivity contribution in [2.24, 2.45) is 0 Å². The molecule has 3 heteroatoms. The molecule has 2 rings (SSSR count). The van der Waals surface area contributed by atoms with Gasteiger partial charge < -0.3 is 5.32 Å². The van der Waals surface area contributed by atoms with E-state index in [-0.39, 0.29) is 0 Å². The second-order valence-electron chi connectivity index (χ2n) is 3.66. The van der Waals surface area contributed by atoms with Gasteiger partial charge in [0.05, 0.1) is 16.8 Å². The van der Waals surface area contributed by atoms with E-state index in [1.54, 1.807) is 6.20 Å². The standard InChI is InChI=1S/C13H13N3/c1-3-15-13-10(7-14)8-16-12-9(2)5-4-6-11(12)13/h4-6,8H,3H2,1-2H3,(H,15,16). The molecule has 0 saturated carbocycles. The van der Waals surface area contributed by atoms with Crippen LogP contribution in [0.5, 0.6) is 0 Å². The van der Waals surface area contributed by atoms with Gasteiger partial charge in [-0.15, -0.1) is 0 Å². The van der Waals surface area contributed by atoms with Gasteiger partial charge in [0, 0.05) is 18.1 Å². The number of nitriles is 1. The first kappa shape index (κ1) is 10.4. The summed E-state index contributed by atoms with van der Waals surface area (Å²) in [5.74, 6) is 0. The molecule has 0 unspecified atom stereocenters. The summed E-state index contributed by atoms with van der Waals surface area (Å²) in [7, 11) is 0. The zero-order valence-electron chi connectivity index (χ0n) is 9.41. The van der Waals surface area contributed by atoms with Crippen LogP contribution in [0.3, 0.4) is 0 Å². The summed E-state index contributed by atoms with van der Waals surface area (Å²) in [6.45, 7) is 4.84. The lowest BCUT2D eigenvalue weighted by molar-refractivity contribution is 1.20. The van der Waals surface area contributed by atoms with Gasteiger partial charge in [0.25, 0.3) is 0 Å². The number of benzene rings is 1. The molecular weight excluding hydrogens is 198 g/mol. The molecule has 1 N–H and O–H groups in total. The molecule has 16 heavy (non-hydrogen) atoms. The summed E-state index contributed by atoms with van der Waals surface area (Å²) in [5, 5.41) is 13.3. The Balaban J connectivity index is 2.80. The van der Waals surface area contributed by atoms with Gasteiger partial charge in [-0.25, -0.2) is 0 Å². The maximum atomic E-state index is 9.04. The molecule has 0 bridgehead atoms. The Bertz CT molecular complexity index is 567. The van der Waals surface area contributed by atoms with Crippen LogP contribution >= 0.6 is 0 Å². The number of aromatic nitrogens is 1. The van der Waals surface area contributed by atoms with Crippen LogP contribution in [-0.2, 0) is 0 Å². The third-order valence-corrected chi connectivity index (χ3v) is 2.57. The Morgan fingerprint density at radius 2 is 2.25 bits per heavy atom. The second-order valence-corrected chi connectivity index (χ2v) is 3.66. The van der Waals surface area contributed by atoms with Crippen LogP contribution in [0.2, 0.25) is 0 Å². The topological polar surface area (TPSA) is 48.7 Å². The molecule has 0 radical (unpaired) electrons. The lowest BCUT2D eigenvalue weighted by Crippen LogP contribution is -2.01. The summed E-state index contributed by atoms with van der Waals surface area (Å²) < 4.78 is 0. The van der Waals surface area contributed by atoms with E-state index in [0.29, 0.717) is 5.56 Å². The summed E-state index contributed by atoms with van der Waals surface area (Å²) in [5.41, 5.74) is 3.57. The summed E-state index contributed by atoms with van der Waals surface area (Å²) in [6, 6.07) is 8.17. The van der Waals surface area contributed by atoms with Crippen molar-refractivity contribution in [3.05, 3.63) is 35.5 Å². The monoisotopic (exact) mass is 211 g/mol. The SMILES string of the molecule is CCNc1c(C#N)cnc2c(C)cccc12. The van der Waals surface area contributed by atoms with Gasteiger partial charge in [-0.2, -0.15) is 5.26 Å². The molecular formula is C13H13N3. The second kappa shape index (κ2) is 4.19. The van der Waals surface area contributed by atoms with Crippen LogP contribution in [0.15, 0.2) is 24.4 Å². The fourth-order valence-corrected chi connectivity index (χ4v) is 1.82. The van der Waals surface area contributed by atoms with Gasteiger partial charge in [-0.3, -0.25) is 4.98 Å². The predicted octanol–water partition coefficient (Wildman–Crippen LogP) is 2.85. The van der Waals surface area contributed by atoms with E-state index >= 15 is 0 Å². The minimum Gasteiger partial charge on any atom is -0.384 e. The lowest BCUT2D eigenvalue weighted by Gasteiger charge is -2.10. The van der Waals surface area contributed by atoms with E-state index in [9.17, 15) is 0 Å². The normalized spacial score (nSPS) is 10.1. The average Bonchev–Trinajstić information content (AvgIpc) is 2.30. The molecule has 1 aromatic heterocycles. The summed E-state index contributed by atoms with van der Waals surface area (Å²) >= 11 is 0. The number of nitrogens with zero attached hydrogens (tertiary/aromatic N) is 2. The van der Waals surface area contributed by atoms with Gasteiger partial charge >= 0.3 is 0 Å². The van der Waals surface area contributed by atoms with Gasteiger partial charge in [0.2, 0.25) is 0 Å². The zero-order valence-corrected chi connectivity index (χ0v) is 9.41. The summed E-state index contributed by atoms with van der Waals surface area (Å²) in [4.78, 5) is 4.33. The smallest absolute Gasteiger partial charge is 0.103 e. The molecule has 0 aliphatic rings. The van der Waals surface area contributed by atoms with E-state index in [2.05, 4.69) is 16.4 Å². The van der Waals surface area contributed by atoms with Crippen LogP contribution in [-0.4, -0.2) is 11.5 Å². The van der Waals surface area contributed by atoms with Crippen LogP contribution < -0.4 is 5.32 Å². The Kier molecular flexibility index (Phi) is 2.74. The van der Waals surface area contributed by atoms with Gasteiger partial charge in [0.15, 0.2) is 0 Å². The van der Waals surface area contributed by atoms with Crippen molar-refractivity contribution in [2.45, 2.75) is 13.8 Å². The van der Waals surface area contributed by atoms with E-state index in [1.807, 2.05) is 32.0 Å². The molecule has 1 heterocycles. The Labute approximate surface area is 94.7 Å². The van der Waals surface area contributed by atoms with E-state index < -0.39 is 0 Å². The predicted molar refractivity (Wildman–Crippen MR) is 65.4 cm³/mol. The van der Waals surface area contributed by atoms with Crippen molar-refractivity contribution in [1.82, 2.24) is 4.98 Å². The van der Waals surface area contributed by atoms with Crippen molar-refractivity contribution in [2.75, 3.05) is 11.9 Å². The fraction of sp³-hybridized carbons (Fsp3) is 0.231.